The van der Waals surface area contributed by atoms with Gasteiger partial charge in [0, 0.05) is 5.33 Å². The molecule has 0 saturated heterocycles. The van der Waals surface area contributed by atoms with Gasteiger partial charge in [-0.2, -0.15) is 0 Å². The standard InChI is InChI=1S/C13H17Br/c1-13(2,9-14)12-8-7-10-5-3-4-6-11(10)12/h3-6,12H,7-9H2,1-2H3/t12-/m0/s1. The summed E-state index contributed by atoms with van der Waals surface area (Å²) in [5.41, 5.74) is 3.52. The zero-order valence-electron chi connectivity index (χ0n) is 8.89. The first-order valence-electron chi connectivity index (χ1n) is 5.29. The van der Waals surface area contributed by atoms with Crippen LogP contribution in [0, 0.1) is 5.41 Å². The Morgan fingerprint density at radius 1 is 1.36 bits per heavy atom. The Morgan fingerprint density at radius 3 is 2.79 bits per heavy atom. The van der Waals surface area contributed by atoms with Crippen molar-refractivity contribution < 1.29 is 0 Å². The van der Waals surface area contributed by atoms with E-state index in [4.69, 9.17) is 0 Å². The molecule has 0 heterocycles. The molecule has 0 amide bonds. The van der Waals surface area contributed by atoms with Crippen LogP contribution in [0.1, 0.15) is 37.3 Å². The van der Waals surface area contributed by atoms with Crippen LogP contribution in [-0.4, -0.2) is 5.33 Å². The fourth-order valence-corrected chi connectivity index (χ4v) is 2.85. The number of rotatable bonds is 2. The van der Waals surface area contributed by atoms with Gasteiger partial charge in [-0.25, -0.2) is 0 Å². The summed E-state index contributed by atoms with van der Waals surface area (Å²) in [6, 6.07) is 8.90. The molecule has 0 aromatic heterocycles. The molecule has 0 N–H and O–H groups in total. The molecule has 0 aliphatic heterocycles. The number of halogens is 1. The maximum Gasteiger partial charge on any atom is 0.00885 e. The van der Waals surface area contributed by atoms with Crippen molar-refractivity contribution in [2.24, 2.45) is 5.41 Å². The van der Waals surface area contributed by atoms with Crippen molar-refractivity contribution in [3.8, 4) is 0 Å². The van der Waals surface area contributed by atoms with Crippen LogP contribution >= 0.6 is 15.9 Å². The molecule has 1 aromatic rings. The Kier molecular flexibility index (Phi) is 2.70. The third-order valence-corrected chi connectivity index (χ3v) is 4.87. The van der Waals surface area contributed by atoms with Gasteiger partial charge >= 0.3 is 0 Å². The van der Waals surface area contributed by atoms with E-state index in [-0.39, 0.29) is 0 Å². The zero-order valence-corrected chi connectivity index (χ0v) is 10.5. The van der Waals surface area contributed by atoms with E-state index in [0.29, 0.717) is 5.41 Å². The summed E-state index contributed by atoms with van der Waals surface area (Å²) < 4.78 is 0. The van der Waals surface area contributed by atoms with Crippen LogP contribution in [0.5, 0.6) is 0 Å². The monoisotopic (exact) mass is 252 g/mol. The van der Waals surface area contributed by atoms with Crippen LogP contribution in [-0.2, 0) is 6.42 Å². The number of aryl methyl sites for hydroxylation is 1. The average Bonchev–Trinajstić information content (AvgIpc) is 2.61. The molecule has 0 unspecified atom stereocenters. The number of alkyl halides is 1. The highest BCUT2D eigenvalue weighted by Gasteiger charge is 2.34. The molecule has 1 heteroatoms. The highest BCUT2D eigenvalue weighted by molar-refractivity contribution is 9.09. The quantitative estimate of drug-likeness (QED) is 0.695. The van der Waals surface area contributed by atoms with E-state index < -0.39 is 0 Å². The van der Waals surface area contributed by atoms with Gasteiger partial charge in [0.2, 0.25) is 0 Å². The lowest BCUT2D eigenvalue weighted by Gasteiger charge is -2.30. The van der Waals surface area contributed by atoms with Gasteiger partial charge in [0.1, 0.15) is 0 Å². The maximum absolute atomic E-state index is 3.63. The third-order valence-electron chi connectivity index (χ3n) is 3.42. The number of hydrogen-bond donors (Lipinski definition) is 0. The maximum atomic E-state index is 3.63. The smallest absolute Gasteiger partial charge is 0.00885 e. The normalized spacial score (nSPS) is 20.9. The van der Waals surface area contributed by atoms with E-state index in [9.17, 15) is 0 Å². The lowest BCUT2D eigenvalue weighted by molar-refractivity contribution is 0.330. The van der Waals surface area contributed by atoms with Gasteiger partial charge in [-0.15, -0.1) is 0 Å². The van der Waals surface area contributed by atoms with Crippen molar-refractivity contribution in [1.29, 1.82) is 0 Å². The lowest BCUT2D eigenvalue weighted by Crippen LogP contribution is -2.21. The molecular weight excluding hydrogens is 236 g/mol. The Morgan fingerprint density at radius 2 is 2.07 bits per heavy atom. The summed E-state index contributed by atoms with van der Waals surface area (Å²) in [7, 11) is 0. The Hall–Kier alpha value is -0.300. The third kappa shape index (κ3) is 1.63. The molecule has 0 nitrogen and oxygen atoms in total. The molecule has 0 spiro atoms. The van der Waals surface area contributed by atoms with Gasteiger partial charge in [0.05, 0.1) is 0 Å². The predicted octanol–water partition coefficient (Wildman–Crippen LogP) is 4.14. The molecule has 1 atom stereocenters. The second kappa shape index (κ2) is 3.69. The van der Waals surface area contributed by atoms with Crippen LogP contribution in [0.15, 0.2) is 24.3 Å². The van der Waals surface area contributed by atoms with Crippen LogP contribution in [0.2, 0.25) is 0 Å². The first-order valence-corrected chi connectivity index (χ1v) is 6.41. The summed E-state index contributed by atoms with van der Waals surface area (Å²) in [5.74, 6) is 0.734. The lowest BCUT2D eigenvalue weighted by atomic mass is 9.77. The highest BCUT2D eigenvalue weighted by atomic mass is 79.9. The molecule has 1 aromatic carbocycles. The molecule has 0 bridgehead atoms. The predicted molar refractivity (Wildman–Crippen MR) is 65.1 cm³/mol. The Balaban J connectivity index is 2.35. The summed E-state index contributed by atoms with van der Waals surface area (Å²) in [6.07, 6.45) is 2.58. The van der Waals surface area contributed by atoms with Gasteiger partial charge in [0.15, 0.2) is 0 Å². The first kappa shape index (κ1) is 10.2. The molecular formula is C13H17Br. The Labute approximate surface area is 94.8 Å². The van der Waals surface area contributed by atoms with Crippen molar-refractivity contribution in [2.45, 2.75) is 32.6 Å². The van der Waals surface area contributed by atoms with Gasteiger partial charge in [0.25, 0.3) is 0 Å². The molecule has 0 fully saturated rings. The molecule has 2 rings (SSSR count). The van der Waals surface area contributed by atoms with E-state index in [0.717, 1.165) is 11.2 Å². The molecule has 1 aliphatic rings. The molecule has 0 radical (unpaired) electrons. The van der Waals surface area contributed by atoms with E-state index in [1.165, 1.54) is 12.8 Å². The molecule has 14 heavy (non-hydrogen) atoms. The summed E-state index contributed by atoms with van der Waals surface area (Å²) in [5, 5.41) is 1.08. The number of hydrogen-bond acceptors (Lipinski definition) is 0. The van der Waals surface area contributed by atoms with Gasteiger partial charge < -0.3 is 0 Å². The fraction of sp³-hybridized carbons (Fsp3) is 0.538. The van der Waals surface area contributed by atoms with E-state index >= 15 is 0 Å². The van der Waals surface area contributed by atoms with Gasteiger partial charge in [-0.1, -0.05) is 54.0 Å². The van der Waals surface area contributed by atoms with Crippen molar-refractivity contribution in [3.05, 3.63) is 35.4 Å². The minimum atomic E-state index is 0.382. The van der Waals surface area contributed by atoms with E-state index in [1.54, 1.807) is 11.1 Å². The molecule has 1 aliphatic carbocycles. The van der Waals surface area contributed by atoms with E-state index in [2.05, 4.69) is 54.0 Å². The highest BCUT2D eigenvalue weighted by Crippen LogP contribution is 2.45. The summed E-state index contributed by atoms with van der Waals surface area (Å²) >= 11 is 3.63. The largest absolute Gasteiger partial charge is 0.0922 e. The molecule has 0 saturated carbocycles. The van der Waals surface area contributed by atoms with Crippen molar-refractivity contribution in [1.82, 2.24) is 0 Å². The van der Waals surface area contributed by atoms with Crippen LogP contribution < -0.4 is 0 Å². The average molecular weight is 253 g/mol. The van der Waals surface area contributed by atoms with Crippen LogP contribution in [0.4, 0.5) is 0 Å². The Bertz CT molecular complexity index is 328. The fourth-order valence-electron chi connectivity index (χ4n) is 2.46. The zero-order chi connectivity index (χ0) is 10.2. The van der Waals surface area contributed by atoms with Crippen molar-refractivity contribution in [3.63, 3.8) is 0 Å². The second-order valence-electron chi connectivity index (χ2n) is 4.91. The summed E-state index contributed by atoms with van der Waals surface area (Å²) in [4.78, 5) is 0. The van der Waals surface area contributed by atoms with Gasteiger partial charge in [-0.05, 0) is 35.3 Å². The SMILES string of the molecule is CC(C)(CBr)[C@H]1CCc2ccccc21. The first-order chi connectivity index (χ1) is 6.65. The minimum Gasteiger partial charge on any atom is -0.0922 e. The summed E-state index contributed by atoms with van der Waals surface area (Å²) in [6.45, 7) is 4.71. The number of benzene rings is 1. The van der Waals surface area contributed by atoms with Gasteiger partial charge in [-0.3, -0.25) is 0 Å². The number of fused-ring (bicyclic) bond motifs is 1. The minimum absolute atomic E-state index is 0.382. The molecule has 76 valence electrons. The second-order valence-corrected chi connectivity index (χ2v) is 5.47. The topological polar surface area (TPSA) is 0 Å². The van der Waals surface area contributed by atoms with Crippen molar-refractivity contribution >= 4 is 15.9 Å². The van der Waals surface area contributed by atoms with Crippen LogP contribution in [0.3, 0.4) is 0 Å². The van der Waals surface area contributed by atoms with E-state index in [1.807, 2.05) is 0 Å². The van der Waals surface area contributed by atoms with Crippen LogP contribution in [0.25, 0.3) is 0 Å². The van der Waals surface area contributed by atoms with Crippen molar-refractivity contribution in [2.75, 3.05) is 5.33 Å².